The molecule has 4 aromatic carbocycles. The summed E-state index contributed by atoms with van der Waals surface area (Å²) >= 11 is 0. The zero-order chi connectivity index (χ0) is 29.3. The van der Waals surface area contributed by atoms with E-state index in [2.05, 4.69) is 80.4 Å². The molecule has 1 unspecified atom stereocenters. The van der Waals surface area contributed by atoms with Gasteiger partial charge in [-0.3, -0.25) is 4.90 Å². The quantitative estimate of drug-likeness (QED) is 0.196. The van der Waals surface area contributed by atoms with Gasteiger partial charge in [-0.15, -0.1) is 0 Å². The van der Waals surface area contributed by atoms with Gasteiger partial charge in [0.1, 0.15) is 11.5 Å². The van der Waals surface area contributed by atoms with Gasteiger partial charge in [0, 0.05) is 34.6 Å². The molecule has 1 atom stereocenters. The second-order valence-corrected chi connectivity index (χ2v) is 11.7. The summed E-state index contributed by atoms with van der Waals surface area (Å²) in [5.74, 6) is 1.13. The van der Waals surface area contributed by atoms with Crippen LogP contribution in [0.1, 0.15) is 83.3 Å². The van der Waals surface area contributed by atoms with Crippen LogP contribution >= 0.6 is 0 Å². The first-order chi connectivity index (χ1) is 20.4. The number of aryl methyl sites for hydroxylation is 2. The standard InChI is InChI=1S/C37H40N2O3/c1-5-7-19-39(20-8-6-2)24-27-14-16-31-35(22-27)41-34-18-15-28(38-33-17-13-25(3)21-26(33)4)23-32(34)37(31)30-12-10-9-11-29(30)36(40)42-37/h9-18,21-23,38H,5-8,19-20,24H2,1-4H3. The molecule has 1 spiro atoms. The van der Waals surface area contributed by atoms with Crippen molar-refractivity contribution in [3.05, 3.63) is 118 Å². The number of fused-ring (bicyclic) bond motifs is 6. The summed E-state index contributed by atoms with van der Waals surface area (Å²) in [5.41, 5.74) is 7.58. The molecule has 5 nitrogen and oxygen atoms in total. The monoisotopic (exact) mass is 560 g/mol. The van der Waals surface area contributed by atoms with E-state index in [1.807, 2.05) is 36.4 Å². The zero-order valence-electron chi connectivity index (χ0n) is 25.1. The molecule has 0 fully saturated rings. The van der Waals surface area contributed by atoms with Gasteiger partial charge in [-0.25, -0.2) is 4.79 Å². The topological polar surface area (TPSA) is 50.8 Å². The normalized spacial score (nSPS) is 16.5. The SMILES string of the molecule is CCCCN(CCCC)Cc1ccc2c(c1)Oc1ccc(Nc3ccc(C)cc3C)cc1C21OC(=O)c2ccccc21. The van der Waals surface area contributed by atoms with Crippen LogP contribution in [0.3, 0.4) is 0 Å². The van der Waals surface area contributed by atoms with E-state index in [-0.39, 0.29) is 5.97 Å². The van der Waals surface area contributed by atoms with Crippen molar-refractivity contribution in [2.24, 2.45) is 0 Å². The number of esters is 1. The summed E-state index contributed by atoms with van der Waals surface area (Å²) in [4.78, 5) is 15.9. The van der Waals surface area contributed by atoms with Crippen molar-refractivity contribution in [1.82, 2.24) is 4.90 Å². The van der Waals surface area contributed by atoms with Gasteiger partial charge in [0.2, 0.25) is 0 Å². The third kappa shape index (κ3) is 5.07. The van der Waals surface area contributed by atoms with Crippen molar-refractivity contribution in [2.45, 2.75) is 65.5 Å². The van der Waals surface area contributed by atoms with Gasteiger partial charge < -0.3 is 14.8 Å². The van der Waals surface area contributed by atoms with Gasteiger partial charge in [-0.1, -0.05) is 74.7 Å². The molecular weight excluding hydrogens is 520 g/mol. The van der Waals surface area contributed by atoms with E-state index < -0.39 is 5.60 Å². The first kappa shape index (κ1) is 28.0. The molecule has 5 heteroatoms. The predicted octanol–water partition coefficient (Wildman–Crippen LogP) is 9.02. The summed E-state index contributed by atoms with van der Waals surface area (Å²) in [6.07, 6.45) is 4.74. The number of ether oxygens (including phenoxy) is 2. The first-order valence-corrected chi connectivity index (χ1v) is 15.3. The Morgan fingerprint density at radius 1 is 0.786 bits per heavy atom. The van der Waals surface area contributed by atoms with E-state index in [1.165, 1.54) is 42.4 Å². The summed E-state index contributed by atoms with van der Waals surface area (Å²) in [6, 6.07) is 26.6. The lowest BCUT2D eigenvalue weighted by atomic mass is 9.77. The van der Waals surface area contributed by atoms with Crippen LogP contribution in [-0.4, -0.2) is 24.0 Å². The number of carbonyl (C=O) groups is 1. The minimum Gasteiger partial charge on any atom is -0.456 e. The predicted molar refractivity (Wildman–Crippen MR) is 169 cm³/mol. The smallest absolute Gasteiger partial charge is 0.340 e. The fourth-order valence-corrected chi connectivity index (χ4v) is 6.29. The molecule has 2 heterocycles. The highest BCUT2D eigenvalue weighted by Crippen LogP contribution is 2.56. The Bertz CT molecular complexity index is 1620. The van der Waals surface area contributed by atoms with Crippen LogP contribution in [0, 0.1) is 13.8 Å². The molecule has 0 radical (unpaired) electrons. The zero-order valence-corrected chi connectivity index (χ0v) is 25.1. The Balaban J connectivity index is 1.43. The fraction of sp³-hybridized carbons (Fsp3) is 0.324. The number of nitrogens with zero attached hydrogens (tertiary/aromatic N) is 1. The molecule has 0 saturated carbocycles. The lowest BCUT2D eigenvalue weighted by Gasteiger charge is -2.37. The molecule has 0 bridgehead atoms. The molecule has 42 heavy (non-hydrogen) atoms. The van der Waals surface area contributed by atoms with Crippen LogP contribution in [0.5, 0.6) is 11.5 Å². The van der Waals surface area contributed by atoms with Crippen LogP contribution < -0.4 is 10.1 Å². The van der Waals surface area contributed by atoms with Crippen molar-refractivity contribution < 1.29 is 14.3 Å². The molecule has 0 aromatic heterocycles. The molecule has 0 saturated heterocycles. The van der Waals surface area contributed by atoms with Crippen molar-refractivity contribution in [3.8, 4) is 11.5 Å². The van der Waals surface area contributed by atoms with E-state index in [9.17, 15) is 4.79 Å². The summed E-state index contributed by atoms with van der Waals surface area (Å²) < 4.78 is 13.0. The van der Waals surface area contributed by atoms with Crippen LogP contribution in [-0.2, 0) is 16.9 Å². The Labute approximate surface area is 249 Å². The number of rotatable bonds is 10. The van der Waals surface area contributed by atoms with Gasteiger partial charge in [0.15, 0.2) is 5.60 Å². The van der Waals surface area contributed by atoms with Crippen molar-refractivity contribution >= 4 is 17.3 Å². The van der Waals surface area contributed by atoms with E-state index in [4.69, 9.17) is 9.47 Å². The van der Waals surface area contributed by atoms with Gasteiger partial charge >= 0.3 is 5.97 Å². The van der Waals surface area contributed by atoms with Gasteiger partial charge in [-0.2, -0.15) is 0 Å². The molecule has 6 rings (SSSR count). The Morgan fingerprint density at radius 2 is 1.57 bits per heavy atom. The second-order valence-electron chi connectivity index (χ2n) is 11.7. The molecule has 1 N–H and O–H groups in total. The number of unbranched alkanes of at least 4 members (excludes halogenated alkanes) is 2. The van der Waals surface area contributed by atoms with Crippen LogP contribution in [0.25, 0.3) is 0 Å². The lowest BCUT2D eigenvalue weighted by molar-refractivity contribution is 0.0224. The molecule has 216 valence electrons. The van der Waals surface area contributed by atoms with Gasteiger partial charge in [-0.05, 0) is 87.3 Å². The third-order valence-electron chi connectivity index (χ3n) is 8.50. The number of hydrogen-bond donors (Lipinski definition) is 1. The van der Waals surface area contributed by atoms with Crippen LogP contribution in [0.2, 0.25) is 0 Å². The minimum absolute atomic E-state index is 0.313. The third-order valence-corrected chi connectivity index (χ3v) is 8.50. The van der Waals surface area contributed by atoms with E-state index >= 15 is 0 Å². The Morgan fingerprint density at radius 3 is 2.33 bits per heavy atom. The maximum Gasteiger partial charge on any atom is 0.340 e. The molecule has 0 aliphatic carbocycles. The number of benzene rings is 4. The van der Waals surface area contributed by atoms with E-state index in [0.717, 1.165) is 53.4 Å². The Hall–Kier alpha value is -4.09. The fourth-order valence-electron chi connectivity index (χ4n) is 6.29. The van der Waals surface area contributed by atoms with Crippen molar-refractivity contribution in [1.29, 1.82) is 0 Å². The number of carbonyl (C=O) groups excluding carboxylic acids is 1. The summed E-state index contributed by atoms with van der Waals surface area (Å²) in [6.45, 7) is 11.7. The molecular formula is C37H40N2O3. The average molecular weight is 561 g/mol. The van der Waals surface area contributed by atoms with Gasteiger partial charge in [0.05, 0.1) is 5.56 Å². The number of anilines is 2. The second kappa shape index (κ2) is 11.7. The number of hydrogen-bond acceptors (Lipinski definition) is 5. The minimum atomic E-state index is -1.08. The van der Waals surface area contributed by atoms with Crippen LogP contribution in [0.15, 0.2) is 78.9 Å². The highest BCUT2D eigenvalue weighted by molar-refractivity contribution is 5.97. The molecule has 0 amide bonds. The van der Waals surface area contributed by atoms with Crippen molar-refractivity contribution in [2.75, 3.05) is 18.4 Å². The summed E-state index contributed by atoms with van der Waals surface area (Å²) in [7, 11) is 0. The van der Waals surface area contributed by atoms with E-state index in [0.29, 0.717) is 11.3 Å². The highest BCUT2D eigenvalue weighted by Gasteiger charge is 2.53. The average Bonchev–Trinajstić information content (AvgIpc) is 3.29. The first-order valence-electron chi connectivity index (χ1n) is 15.3. The largest absolute Gasteiger partial charge is 0.456 e. The highest BCUT2D eigenvalue weighted by atomic mass is 16.6. The van der Waals surface area contributed by atoms with Crippen LogP contribution in [0.4, 0.5) is 11.4 Å². The lowest BCUT2D eigenvalue weighted by Crippen LogP contribution is -2.33. The molecule has 2 aliphatic heterocycles. The van der Waals surface area contributed by atoms with Gasteiger partial charge in [0.25, 0.3) is 0 Å². The van der Waals surface area contributed by atoms with E-state index in [1.54, 1.807) is 0 Å². The van der Waals surface area contributed by atoms with Crippen molar-refractivity contribution in [3.63, 3.8) is 0 Å². The number of nitrogens with one attached hydrogen (secondary N) is 1. The maximum atomic E-state index is 13.3. The maximum absolute atomic E-state index is 13.3. The molecule has 4 aromatic rings. The summed E-state index contributed by atoms with van der Waals surface area (Å²) in [5, 5.41) is 3.58. The molecule has 2 aliphatic rings. The Kier molecular flexibility index (Phi) is 7.78.